The van der Waals surface area contributed by atoms with Gasteiger partial charge < -0.3 is 10.6 Å². The Morgan fingerprint density at radius 3 is 2.47 bits per heavy atom. The predicted octanol–water partition coefficient (Wildman–Crippen LogP) is 2.81. The van der Waals surface area contributed by atoms with Gasteiger partial charge >= 0.3 is 0 Å². The third-order valence-electron chi connectivity index (χ3n) is 4.67. The van der Waals surface area contributed by atoms with Gasteiger partial charge in [-0.1, -0.05) is 27.2 Å². The number of hydrogen-bond acceptors (Lipinski definition) is 2. The molecule has 0 aromatic rings. The Morgan fingerprint density at radius 2 is 1.95 bits per heavy atom. The van der Waals surface area contributed by atoms with Gasteiger partial charge in [0.15, 0.2) is 0 Å². The van der Waals surface area contributed by atoms with Gasteiger partial charge in [-0.05, 0) is 44.4 Å². The lowest BCUT2D eigenvalue weighted by atomic mass is 9.73. The predicted molar refractivity (Wildman–Crippen MR) is 81.0 cm³/mol. The molecular formula is C16H32N2O. The zero-order valence-electron chi connectivity index (χ0n) is 13.5. The summed E-state index contributed by atoms with van der Waals surface area (Å²) in [5, 5.41) is 6.43. The number of carbonyl (C=O) groups is 1. The molecule has 1 fully saturated rings. The molecule has 112 valence electrons. The minimum atomic E-state index is -0.336. The van der Waals surface area contributed by atoms with Crippen LogP contribution in [-0.4, -0.2) is 25.5 Å². The first-order valence-electron chi connectivity index (χ1n) is 7.73. The topological polar surface area (TPSA) is 41.1 Å². The van der Waals surface area contributed by atoms with Gasteiger partial charge in [-0.15, -0.1) is 0 Å². The average Bonchev–Trinajstić information content (AvgIpc) is 2.35. The van der Waals surface area contributed by atoms with Crippen LogP contribution in [0.5, 0.6) is 0 Å². The van der Waals surface area contributed by atoms with Crippen molar-refractivity contribution in [3.05, 3.63) is 0 Å². The maximum atomic E-state index is 11.8. The molecule has 3 atom stereocenters. The molecule has 0 aromatic carbocycles. The summed E-state index contributed by atoms with van der Waals surface area (Å²) in [4.78, 5) is 11.8. The number of rotatable bonds is 5. The Kier molecular flexibility index (Phi) is 5.84. The van der Waals surface area contributed by atoms with Gasteiger partial charge in [0.2, 0.25) is 5.91 Å². The fraction of sp³-hybridized carbons (Fsp3) is 0.938. The molecule has 0 aromatic heterocycles. The Hall–Kier alpha value is -0.570. The molecule has 1 saturated carbocycles. The second-order valence-electron chi connectivity index (χ2n) is 7.28. The Balaban J connectivity index is 2.59. The van der Waals surface area contributed by atoms with E-state index in [1.807, 2.05) is 13.8 Å². The maximum Gasteiger partial charge on any atom is 0.226 e. The third kappa shape index (κ3) is 4.48. The Bertz CT molecular complexity index is 299. The van der Waals surface area contributed by atoms with Crippen molar-refractivity contribution < 1.29 is 4.79 Å². The first-order valence-corrected chi connectivity index (χ1v) is 7.73. The highest BCUT2D eigenvalue weighted by molar-refractivity contribution is 5.81. The second kappa shape index (κ2) is 6.74. The molecule has 3 nitrogen and oxygen atoms in total. The molecule has 1 aliphatic carbocycles. The lowest BCUT2D eigenvalue weighted by Crippen LogP contribution is -2.49. The van der Waals surface area contributed by atoms with Crippen molar-refractivity contribution in [2.24, 2.45) is 23.2 Å². The van der Waals surface area contributed by atoms with Crippen molar-refractivity contribution in [3.8, 4) is 0 Å². The number of nitrogens with one attached hydrogen (secondary N) is 2. The molecule has 3 unspecified atom stereocenters. The minimum Gasteiger partial charge on any atom is -0.359 e. The standard InChI is InChI=1S/C16H32N2O/c1-11(2)13-8-7-12(3)9-14(13)18-10-16(4,5)15(19)17-6/h11-14,18H,7-10H2,1-6H3,(H,17,19). The van der Waals surface area contributed by atoms with Gasteiger partial charge in [0, 0.05) is 19.6 Å². The van der Waals surface area contributed by atoms with Crippen molar-refractivity contribution in [1.82, 2.24) is 10.6 Å². The van der Waals surface area contributed by atoms with Crippen LogP contribution >= 0.6 is 0 Å². The molecule has 0 bridgehead atoms. The summed E-state index contributed by atoms with van der Waals surface area (Å²) < 4.78 is 0. The largest absolute Gasteiger partial charge is 0.359 e. The monoisotopic (exact) mass is 268 g/mol. The van der Waals surface area contributed by atoms with Gasteiger partial charge in [0.1, 0.15) is 0 Å². The second-order valence-corrected chi connectivity index (χ2v) is 7.28. The number of hydrogen-bond donors (Lipinski definition) is 2. The van der Waals surface area contributed by atoms with Gasteiger partial charge in [0.25, 0.3) is 0 Å². The normalized spacial score (nSPS) is 28.5. The van der Waals surface area contributed by atoms with Crippen molar-refractivity contribution >= 4 is 5.91 Å². The summed E-state index contributed by atoms with van der Waals surface area (Å²) >= 11 is 0. The third-order valence-corrected chi connectivity index (χ3v) is 4.67. The zero-order chi connectivity index (χ0) is 14.6. The highest BCUT2D eigenvalue weighted by atomic mass is 16.2. The lowest BCUT2D eigenvalue weighted by molar-refractivity contribution is -0.128. The molecule has 1 amide bonds. The van der Waals surface area contributed by atoms with Crippen molar-refractivity contribution in [2.75, 3.05) is 13.6 Å². The molecule has 0 heterocycles. The van der Waals surface area contributed by atoms with Crippen LogP contribution in [0.4, 0.5) is 0 Å². The van der Waals surface area contributed by atoms with E-state index in [2.05, 4.69) is 31.4 Å². The Morgan fingerprint density at radius 1 is 1.32 bits per heavy atom. The number of amides is 1. The zero-order valence-corrected chi connectivity index (χ0v) is 13.5. The summed E-state index contributed by atoms with van der Waals surface area (Å²) in [5.74, 6) is 2.38. The molecule has 3 heteroatoms. The van der Waals surface area contributed by atoms with Crippen LogP contribution in [-0.2, 0) is 4.79 Å². The first kappa shape index (κ1) is 16.5. The smallest absolute Gasteiger partial charge is 0.226 e. The minimum absolute atomic E-state index is 0.116. The van der Waals surface area contributed by atoms with E-state index in [-0.39, 0.29) is 11.3 Å². The van der Waals surface area contributed by atoms with Crippen LogP contribution in [0.1, 0.15) is 53.9 Å². The van der Waals surface area contributed by atoms with Crippen LogP contribution in [0.2, 0.25) is 0 Å². The fourth-order valence-corrected chi connectivity index (χ4v) is 3.24. The van der Waals surface area contributed by atoms with Crippen molar-refractivity contribution in [2.45, 2.75) is 59.9 Å². The molecule has 1 aliphatic rings. The SMILES string of the molecule is CNC(=O)C(C)(C)CNC1CC(C)CCC1C(C)C. The molecule has 0 radical (unpaired) electrons. The lowest BCUT2D eigenvalue weighted by Gasteiger charge is -2.39. The van der Waals surface area contributed by atoms with Crippen LogP contribution in [0.25, 0.3) is 0 Å². The van der Waals surface area contributed by atoms with Gasteiger partial charge in [-0.2, -0.15) is 0 Å². The maximum absolute atomic E-state index is 11.8. The molecule has 2 N–H and O–H groups in total. The molecule has 1 rings (SSSR count). The van der Waals surface area contributed by atoms with E-state index >= 15 is 0 Å². The summed E-state index contributed by atoms with van der Waals surface area (Å²) in [6.45, 7) is 11.8. The van der Waals surface area contributed by atoms with Crippen LogP contribution < -0.4 is 10.6 Å². The highest BCUT2D eigenvalue weighted by Crippen LogP contribution is 2.33. The summed E-state index contributed by atoms with van der Waals surface area (Å²) in [6, 6.07) is 0.563. The van der Waals surface area contributed by atoms with Crippen LogP contribution in [0.3, 0.4) is 0 Å². The fourth-order valence-electron chi connectivity index (χ4n) is 3.24. The van der Waals surface area contributed by atoms with Crippen LogP contribution in [0, 0.1) is 23.2 Å². The van der Waals surface area contributed by atoms with Crippen molar-refractivity contribution in [3.63, 3.8) is 0 Å². The van der Waals surface area contributed by atoms with Gasteiger partial charge in [-0.25, -0.2) is 0 Å². The van der Waals surface area contributed by atoms with Crippen molar-refractivity contribution in [1.29, 1.82) is 0 Å². The first-order chi connectivity index (χ1) is 8.77. The highest BCUT2D eigenvalue weighted by Gasteiger charge is 2.33. The Labute approximate surface area is 118 Å². The van der Waals surface area contributed by atoms with E-state index in [4.69, 9.17) is 0 Å². The van der Waals surface area contributed by atoms with E-state index in [9.17, 15) is 4.79 Å². The number of carbonyl (C=O) groups excluding carboxylic acids is 1. The van der Waals surface area contributed by atoms with E-state index in [1.165, 1.54) is 19.3 Å². The van der Waals surface area contributed by atoms with Gasteiger partial charge in [0.05, 0.1) is 5.41 Å². The quantitative estimate of drug-likeness (QED) is 0.805. The average molecular weight is 268 g/mol. The van der Waals surface area contributed by atoms with Gasteiger partial charge in [-0.3, -0.25) is 4.79 Å². The molecule has 0 saturated heterocycles. The summed E-state index contributed by atoms with van der Waals surface area (Å²) in [6.07, 6.45) is 3.91. The molecule has 19 heavy (non-hydrogen) atoms. The molecular weight excluding hydrogens is 236 g/mol. The summed E-state index contributed by atoms with van der Waals surface area (Å²) in [7, 11) is 1.71. The van der Waals surface area contributed by atoms with E-state index in [1.54, 1.807) is 7.05 Å². The molecule has 0 spiro atoms. The molecule has 0 aliphatic heterocycles. The van der Waals surface area contributed by atoms with E-state index < -0.39 is 0 Å². The van der Waals surface area contributed by atoms with Crippen LogP contribution in [0.15, 0.2) is 0 Å². The van der Waals surface area contributed by atoms with E-state index in [0.717, 1.165) is 18.4 Å². The van der Waals surface area contributed by atoms with E-state index in [0.29, 0.717) is 12.0 Å². The summed E-state index contributed by atoms with van der Waals surface area (Å²) in [5.41, 5.74) is -0.336.